The SMILES string of the molecule is COCCN(C)c1cc(OCCN)nc(C)n1. The largest absolute Gasteiger partial charge is 0.476 e. The van der Waals surface area contributed by atoms with Gasteiger partial charge in [0.1, 0.15) is 18.2 Å². The van der Waals surface area contributed by atoms with Crippen LogP contribution in [0, 0.1) is 6.92 Å². The number of nitrogens with two attached hydrogens (primary N) is 1. The van der Waals surface area contributed by atoms with Crippen molar-refractivity contribution < 1.29 is 9.47 Å². The average molecular weight is 240 g/mol. The molecule has 0 unspecified atom stereocenters. The summed E-state index contributed by atoms with van der Waals surface area (Å²) in [5.41, 5.74) is 5.38. The Morgan fingerprint density at radius 1 is 1.35 bits per heavy atom. The monoisotopic (exact) mass is 240 g/mol. The summed E-state index contributed by atoms with van der Waals surface area (Å²) in [6.45, 7) is 4.18. The van der Waals surface area contributed by atoms with Crippen molar-refractivity contribution in [2.75, 3.05) is 45.4 Å². The topological polar surface area (TPSA) is 73.5 Å². The van der Waals surface area contributed by atoms with Crippen LogP contribution in [0.15, 0.2) is 6.07 Å². The highest BCUT2D eigenvalue weighted by Gasteiger charge is 2.07. The maximum absolute atomic E-state index is 5.40. The molecule has 1 aromatic heterocycles. The Morgan fingerprint density at radius 2 is 2.12 bits per heavy atom. The summed E-state index contributed by atoms with van der Waals surface area (Å²) < 4.78 is 10.4. The Bertz CT molecular complexity index is 346. The molecule has 6 nitrogen and oxygen atoms in total. The fourth-order valence-corrected chi connectivity index (χ4v) is 1.30. The van der Waals surface area contributed by atoms with Crippen molar-refractivity contribution in [2.45, 2.75) is 6.92 Å². The summed E-state index contributed by atoms with van der Waals surface area (Å²) in [4.78, 5) is 10.5. The molecular formula is C11H20N4O2. The molecule has 6 heteroatoms. The molecule has 96 valence electrons. The van der Waals surface area contributed by atoms with Crippen LogP contribution in [0.3, 0.4) is 0 Å². The Kier molecular flexibility index (Phi) is 5.65. The summed E-state index contributed by atoms with van der Waals surface area (Å²) in [5.74, 6) is 2.06. The molecule has 0 saturated carbocycles. The Hall–Kier alpha value is -1.40. The molecule has 0 spiro atoms. The van der Waals surface area contributed by atoms with Crippen molar-refractivity contribution in [3.05, 3.63) is 11.9 Å². The average Bonchev–Trinajstić information content (AvgIpc) is 2.32. The van der Waals surface area contributed by atoms with Crippen LogP contribution < -0.4 is 15.4 Å². The van der Waals surface area contributed by atoms with Crippen molar-refractivity contribution in [2.24, 2.45) is 5.73 Å². The predicted octanol–water partition coefficient (Wildman–Crippen LogP) is 0.205. The molecule has 0 fully saturated rings. The van der Waals surface area contributed by atoms with Gasteiger partial charge in [-0.05, 0) is 6.92 Å². The van der Waals surface area contributed by atoms with E-state index >= 15 is 0 Å². The van der Waals surface area contributed by atoms with Crippen molar-refractivity contribution in [3.8, 4) is 5.88 Å². The number of hydrogen-bond acceptors (Lipinski definition) is 6. The maximum atomic E-state index is 5.40. The first-order chi connectivity index (χ1) is 8.17. The Balaban J connectivity index is 2.73. The van der Waals surface area contributed by atoms with Gasteiger partial charge in [-0.2, -0.15) is 4.98 Å². The number of aryl methyl sites for hydroxylation is 1. The van der Waals surface area contributed by atoms with Gasteiger partial charge in [-0.3, -0.25) is 0 Å². The molecule has 2 N–H and O–H groups in total. The second-order valence-corrected chi connectivity index (χ2v) is 3.66. The lowest BCUT2D eigenvalue weighted by Gasteiger charge is -2.18. The van der Waals surface area contributed by atoms with Gasteiger partial charge in [-0.25, -0.2) is 4.98 Å². The van der Waals surface area contributed by atoms with Crippen molar-refractivity contribution in [1.82, 2.24) is 9.97 Å². The third-order valence-electron chi connectivity index (χ3n) is 2.19. The van der Waals surface area contributed by atoms with E-state index in [1.165, 1.54) is 0 Å². The molecule has 1 aromatic rings. The second-order valence-electron chi connectivity index (χ2n) is 3.66. The molecule has 1 rings (SSSR count). The highest BCUT2D eigenvalue weighted by Crippen LogP contribution is 2.16. The number of hydrogen-bond donors (Lipinski definition) is 1. The zero-order valence-electron chi connectivity index (χ0n) is 10.6. The molecular weight excluding hydrogens is 220 g/mol. The number of rotatable bonds is 7. The fraction of sp³-hybridized carbons (Fsp3) is 0.636. The summed E-state index contributed by atoms with van der Waals surface area (Å²) in [6.07, 6.45) is 0. The van der Waals surface area contributed by atoms with Crippen LogP contribution in [0.2, 0.25) is 0 Å². The first kappa shape index (κ1) is 13.7. The summed E-state index contributed by atoms with van der Waals surface area (Å²) in [5, 5.41) is 0. The molecule has 0 aromatic carbocycles. The van der Waals surface area contributed by atoms with Crippen LogP contribution >= 0.6 is 0 Å². The van der Waals surface area contributed by atoms with Crippen LogP contribution in [-0.2, 0) is 4.74 Å². The van der Waals surface area contributed by atoms with Gasteiger partial charge in [0, 0.05) is 33.3 Å². The first-order valence-corrected chi connectivity index (χ1v) is 5.56. The molecule has 0 amide bonds. The number of nitrogens with zero attached hydrogens (tertiary/aromatic N) is 3. The van der Waals surface area contributed by atoms with Gasteiger partial charge >= 0.3 is 0 Å². The van der Waals surface area contributed by atoms with Crippen LogP contribution in [-0.4, -0.2) is 50.4 Å². The zero-order chi connectivity index (χ0) is 12.7. The van der Waals surface area contributed by atoms with Crippen molar-refractivity contribution in [1.29, 1.82) is 0 Å². The minimum absolute atomic E-state index is 0.456. The fourth-order valence-electron chi connectivity index (χ4n) is 1.30. The van der Waals surface area contributed by atoms with E-state index in [-0.39, 0.29) is 0 Å². The molecule has 1 heterocycles. The van der Waals surface area contributed by atoms with Gasteiger partial charge in [-0.1, -0.05) is 0 Å². The summed E-state index contributed by atoms with van der Waals surface area (Å²) >= 11 is 0. The quantitative estimate of drug-likeness (QED) is 0.734. The summed E-state index contributed by atoms with van der Waals surface area (Å²) in [6, 6.07) is 1.80. The third-order valence-corrected chi connectivity index (χ3v) is 2.19. The number of methoxy groups -OCH3 is 1. The molecule has 0 saturated heterocycles. The van der Waals surface area contributed by atoms with E-state index in [0.717, 1.165) is 12.4 Å². The number of anilines is 1. The lowest BCUT2D eigenvalue weighted by molar-refractivity contribution is 0.206. The normalized spacial score (nSPS) is 10.4. The van der Waals surface area contributed by atoms with Gasteiger partial charge in [0.2, 0.25) is 5.88 Å². The molecule has 17 heavy (non-hydrogen) atoms. The van der Waals surface area contributed by atoms with Crippen molar-refractivity contribution >= 4 is 5.82 Å². The van der Waals surface area contributed by atoms with E-state index in [9.17, 15) is 0 Å². The molecule has 0 aliphatic rings. The highest BCUT2D eigenvalue weighted by molar-refractivity contribution is 5.40. The number of ether oxygens (including phenoxy) is 2. The first-order valence-electron chi connectivity index (χ1n) is 5.56. The smallest absolute Gasteiger partial charge is 0.218 e. The molecule has 0 aliphatic heterocycles. The molecule has 0 aliphatic carbocycles. The van der Waals surface area contributed by atoms with Crippen molar-refractivity contribution in [3.63, 3.8) is 0 Å². The number of aromatic nitrogens is 2. The predicted molar refractivity (Wildman–Crippen MR) is 66.5 cm³/mol. The number of likely N-dealkylation sites (N-methyl/N-ethyl adjacent to an activating group) is 1. The summed E-state index contributed by atoms with van der Waals surface area (Å²) in [7, 11) is 3.63. The van der Waals surface area contributed by atoms with E-state index in [4.69, 9.17) is 15.2 Å². The Labute approximate surface area is 102 Å². The van der Waals surface area contributed by atoms with E-state index in [1.54, 1.807) is 13.2 Å². The minimum atomic E-state index is 0.456. The van der Waals surface area contributed by atoms with Crippen LogP contribution in [0.1, 0.15) is 5.82 Å². The van der Waals surface area contributed by atoms with Crippen LogP contribution in [0.4, 0.5) is 5.82 Å². The third kappa shape index (κ3) is 4.54. The van der Waals surface area contributed by atoms with E-state index in [0.29, 0.717) is 31.5 Å². The van der Waals surface area contributed by atoms with Gasteiger partial charge in [0.05, 0.1) is 6.61 Å². The van der Waals surface area contributed by atoms with E-state index < -0.39 is 0 Å². The van der Waals surface area contributed by atoms with Crippen LogP contribution in [0.5, 0.6) is 5.88 Å². The van der Waals surface area contributed by atoms with Gasteiger partial charge < -0.3 is 20.1 Å². The van der Waals surface area contributed by atoms with Gasteiger partial charge in [0.25, 0.3) is 0 Å². The lowest BCUT2D eigenvalue weighted by Crippen LogP contribution is -2.23. The Morgan fingerprint density at radius 3 is 2.76 bits per heavy atom. The molecule has 0 atom stereocenters. The second kappa shape index (κ2) is 7.03. The van der Waals surface area contributed by atoms with Gasteiger partial charge in [0.15, 0.2) is 0 Å². The van der Waals surface area contributed by atoms with E-state index in [2.05, 4.69) is 9.97 Å². The highest BCUT2D eigenvalue weighted by atomic mass is 16.5. The van der Waals surface area contributed by atoms with Crippen LogP contribution in [0.25, 0.3) is 0 Å². The minimum Gasteiger partial charge on any atom is -0.476 e. The molecule has 0 radical (unpaired) electrons. The maximum Gasteiger partial charge on any atom is 0.218 e. The standard InChI is InChI=1S/C11H20N4O2/c1-9-13-10(15(2)5-7-16-3)8-11(14-9)17-6-4-12/h8H,4-7,12H2,1-3H3. The molecule has 0 bridgehead atoms. The zero-order valence-corrected chi connectivity index (χ0v) is 10.6. The lowest BCUT2D eigenvalue weighted by atomic mass is 10.4. The van der Waals surface area contributed by atoms with E-state index in [1.807, 2.05) is 18.9 Å². The van der Waals surface area contributed by atoms with Gasteiger partial charge in [-0.15, -0.1) is 0 Å².